The lowest BCUT2D eigenvalue weighted by Gasteiger charge is -2.32. The van der Waals surface area contributed by atoms with E-state index in [1.54, 1.807) is 42.6 Å². The van der Waals surface area contributed by atoms with E-state index in [9.17, 15) is 8.78 Å². The molecule has 0 saturated carbocycles. The van der Waals surface area contributed by atoms with Gasteiger partial charge in [0, 0.05) is 17.3 Å². The van der Waals surface area contributed by atoms with Gasteiger partial charge in [-0.25, -0.2) is 8.78 Å². The molecule has 0 bridgehead atoms. The number of benzene rings is 1. The van der Waals surface area contributed by atoms with E-state index in [0.717, 1.165) is 0 Å². The van der Waals surface area contributed by atoms with E-state index in [1.165, 1.54) is 6.08 Å². The Hall–Kier alpha value is -2.74. The molecule has 110 valence electrons. The Bertz CT molecular complexity index is 762. The second-order valence-corrected chi connectivity index (χ2v) is 5.03. The van der Waals surface area contributed by atoms with Crippen molar-refractivity contribution >= 4 is 5.57 Å². The van der Waals surface area contributed by atoms with Crippen LogP contribution in [0.25, 0.3) is 5.57 Å². The molecule has 3 nitrogen and oxygen atoms in total. The van der Waals surface area contributed by atoms with E-state index in [0.29, 0.717) is 28.1 Å². The van der Waals surface area contributed by atoms with Crippen LogP contribution < -0.4 is 4.74 Å². The molecule has 3 rings (SSSR count). The van der Waals surface area contributed by atoms with Crippen molar-refractivity contribution in [3.8, 4) is 11.8 Å². The molecule has 2 aromatic rings. The van der Waals surface area contributed by atoms with E-state index in [2.05, 4.69) is 4.98 Å². The Kier molecular flexibility index (Phi) is 3.60. The summed E-state index contributed by atoms with van der Waals surface area (Å²) in [5, 5.41) is 9.05. The minimum Gasteiger partial charge on any atom is -0.477 e. The van der Waals surface area contributed by atoms with Gasteiger partial charge in [-0.15, -0.1) is 0 Å². The predicted molar refractivity (Wildman–Crippen MR) is 77.8 cm³/mol. The lowest BCUT2D eigenvalue weighted by atomic mass is 9.90. The first-order valence-electron chi connectivity index (χ1n) is 6.71. The number of nitrogens with zero attached hydrogens (tertiary/aromatic N) is 2. The smallest absolute Gasteiger partial charge is 0.184 e. The molecular formula is C17H12F2N2O. The predicted octanol–water partition coefficient (Wildman–Crippen LogP) is 3.46. The van der Waals surface area contributed by atoms with Crippen molar-refractivity contribution in [3.63, 3.8) is 0 Å². The number of alkyl halides is 2. The summed E-state index contributed by atoms with van der Waals surface area (Å²) in [6, 6.07) is 12.1. The quantitative estimate of drug-likeness (QED) is 0.872. The topological polar surface area (TPSA) is 45.9 Å². The Morgan fingerprint density at radius 2 is 2.00 bits per heavy atom. The summed E-state index contributed by atoms with van der Waals surface area (Å²) < 4.78 is 32.3. The maximum absolute atomic E-state index is 13.4. The van der Waals surface area contributed by atoms with Crippen molar-refractivity contribution in [3.05, 3.63) is 65.5 Å². The van der Waals surface area contributed by atoms with Crippen molar-refractivity contribution in [2.75, 3.05) is 13.3 Å². The number of aromatic nitrogens is 1. The van der Waals surface area contributed by atoms with Gasteiger partial charge in [0.2, 0.25) is 0 Å². The molecule has 0 amide bonds. The van der Waals surface area contributed by atoms with Gasteiger partial charge in [-0.05, 0) is 36.4 Å². The van der Waals surface area contributed by atoms with Crippen LogP contribution in [0.1, 0.15) is 16.8 Å². The maximum Gasteiger partial charge on any atom is 0.184 e. The number of hydrogen-bond donors (Lipinski definition) is 0. The average molecular weight is 298 g/mol. The first kappa shape index (κ1) is 14.2. The molecule has 1 aromatic carbocycles. The van der Waals surface area contributed by atoms with Crippen LogP contribution in [0.4, 0.5) is 8.78 Å². The fourth-order valence-corrected chi connectivity index (χ4v) is 2.39. The Morgan fingerprint density at radius 1 is 1.18 bits per heavy atom. The van der Waals surface area contributed by atoms with Gasteiger partial charge in [0.1, 0.15) is 19.1 Å². The molecule has 0 spiro atoms. The van der Waals surface area contributed by atoms with Crippen LogP contribution in [0, 0.1) is 11.3 Å². The minimum atomic E-state index is -1.64. The molecule has 0 radical (unpaired) electrons. The van der Waals surface area contributed by atoms with Crippen LogP contribution >= 0.6 is 0 Å². The second-order valence-electron chi connectivity index (χ2n) is 5.03. The molecule has 5 heteroatoms. The zero-order chi connectivity index (χ0) is 15.6. The average Bonchev–Trinajstić information content (AvgIpc) is 2.61. The highest BCUT2D eigenvalue weighted by Gasteiger charge is 2.36. The first-order chi connectivity index (χ1) is 10.7. The molecule has 2 heterocycles. The number of rotatable bonds is 3. The van der Waals surface area contributed by atoms with Gasteiger partial charge in [-0.1, -0.05) is 6.07 Å². The van der Waals surface area contributed by atoms with E-state index < -0.39 is 19.0 Å². The molecule has 0 N–H and O–H groups in total. The van der Waals surface area contributed by atoms with Crippen molar-refractivity contribution in [2.24, 2.45) is 0 Å². The van der Waals surface area contributed by atoms with Crippen molar-refractivity contribution < 1.29 is 13.5 Å². The molecule has 1 aromatic heterocycles. The van der Waals surface area contributed by atoms with Crippen LogP contribution in [0.3, 0.4) is 0 Å². The largest absolute Gasteiger partial charge is 0.477 e. The third-order valence-electron chi connectivity index (χ3n) is 3.51. The summed E-state index contributed by atoms with van der Waals surface area (Å²) in [6.07, 6.45) is 3.02. The van der Waals surface area contributed by atoms with E-state index in [-0.39, 0.29) is 0 Å². The highest BCUT2D eigenvalue weighted by molar-refractivity contribution is 5.84. The molecular weight excluding hydrogens is 286 g/mol. The van der Waals surface area contributed by atoms with Crippen LogP contribution in [-0.4, -0.2) is 23.9 Å². The van der Waals surface area contributed by atoms with Crippen molar-refractivity contribution in [1.29, 1.82) is 5.26 Å². The van der Waals surface area contributed by atoms with Crippen molar-refractivity contribution in [2.45, 2.75) is 5.60 Å². The highest BCUT2D eigenvalue weighted by Crippen LogP contribution is 2.39. The summed E-state index contributed by atoms with van der Waals surface area (Å²) in [5.41, 5.74) is 0.545. The molecule has 22 heavy (non-hydrogen) atoms. The van der Waals surface area contributed by atoms with Crippen LogP contribution in [0.2, 0.25) is 0 Å². The van der Waals surface area contributed by atoms with Gasteiger partial charge in [0.15, 0.2) is 5.60 Å². The zero-order valence-electron chi connectivity index (χ0n) is 11.6. The van der Waals surface area contributed by atoms with Gasteiger partial charge in [-0.2, -0.15) is 5.26 Å². The normalized spacial score (nSPS) is 15.2. The number of nitriles is 1. The Labute approximate surface area is 126 Å². The molecule has 0 aliphatic carbocycles. The molecule has 1 aliphatic heterocycles. The van der Waals surface area contributed by atoms with Gasteiger partial charge in [0.25, 0.3) is 0 Å². The number of fused-ring (bicyclic) bond motifs is 1. The molecule has 0 fully saturated rings. The summed E-state index contributed by atoms with van der Waals surface area (Å²) in [7, 11) is 0. The number of hydrogen-bond acceptors (Lipinski definition) is 3. The second kappa shape index (κ2) is 5.57. The zero-order valence-corrected chi connectivity index (χ0v) is 11.6. The molecule has 0 atom stereocenters. The van der Waals surface area contributed by atoms with E-state index in [1.807, 2.05) is 6.07 Å². The molecule has 0 saturated heterocycles. The third kappa shape index (κ3) is 2.33. The van der Waals surface area contributed by atoms with Crippen molar-refractivity contribution in [1.82, 2.24) is 4.98 Å². The lowest BCUT2D eigenvalue weighted by Crippen LogP contribution is -2.41. The molecule has 0 unspecified atom stereocenters. The highest BCUT2D eigenvalue weighted by atomic mass is 19.1. The fraction of sp³-hybridized carbons (Fsp3) is 0.176. The summed E-state index contributed by atoms with van der Waals surface area (Å²) >= 11 is 0. The minimum absolute atomic E-state index is 0.345. The van der Waals surface area contributed by atoms with Gasteiger partial charge < -0.3 is 4.74 Å². The van der Waals surface area contributed by atoms with Gasteiger partial charge in [-0.3, -0.25) is 4.98 Å². The van der Waals surface area contributed by atoms with Gasteiger partial charge in [0.05, 0.1) is 17.3 Å². The van der Waals surface area contributed by atoms with Gasteiger partial charge >= 0.3 is 0 Å². The number of halogens is 2. The van der Waals surface area contributed by atoms with Crippen LogP contribution in [-0.2, 0) is 0 Å². The monoisotopic (exact) mass is 298 g/mol. The maximum atomic E-state index is 13.4. The Morgan fingerprint density at radius 3 is 2.64 bits per heavy atom. The summed E-state index contributed by atoms with van der Waals surface area (Å²) in [5.74, 6) is 0.345. The SMILES string of the molecule is N#Cc1ccc2c(c1)C(c1ccccn1)=CC(CF)(CF)O2. The summed E-state index contributed by atoms with van der Waals surface area (Å²) in [6.45, 7) is -1.97. The molecule has 1 aliphatic rings. The van der Waals surface area contributed by atoms with E-state index >= 15 is 0 Å². The lowest BCUT2D eigenvalue weighted by molar-refractivity contribution is 0.0593. The number of ether oxygens (including phenoxy) is 1. The first-order valence-corrected chi connectivity index (χ1v) is 6.71. The summed E-state index contributed by atoms with van der Waals surface area (Å²) in [4.78, 5) is 4.24. The third-order valence-corrected chi connectivity index (χ3v) is 3.51. The van der Waals surface area contributed by atoms with E-state index in [4.69, 9.17) is 10.00 Å². The van der Waals surface area contributed by atoms with Crippen LogP contribution in [0.15, 0.2) is 48.7 Å². The fourth-order valence-electron chi connectivity index (χ4n) is 2.39. The van der Waals surface area contributed by atoms with Crippen LogP contribution in [0.5, 0.6) is 5.75 Å². The number of pyridine rings is 1. The standard InChI is InChI=1S/C17H12F2N2O/c18-10-17(11-19)8-14(15-3-1-2-6-21-15)13-7-12(9-20)4-5-16(13)22-17/h1-8H,10-11H2. The Balaban J connectivity index is 2.23.